The Morgan fingerprint density at radius 2 is 1.93 bits per heavy atom. The smallest absolute Gasteiger partial charge is 0.267 e. The van der Waals surface area contributed by atoms with Crippen molar-refractivity contribution in [2.75, 3.05) is 32.8 Å². The fourth-order valence-corrected chi connectivity index (χ4v) is 4.60. The molecule has 0 aliphatic carbocycles. The summed E-state index contributed by atoms with van der Waals surface area (Å²) in [5.41, 5.74) is 1.24. The number of H-pyrrole nitrogens is 1. The number of sulfonamides is 1. The molecule has 0 spiro atoms. The van der Waals surface area contributed by atoms with E-state index in [-0.39, 0.29) is 16.5 Å². The van der Waals surface area contributed by atoms with Crippen molar-refractivity contribution in [3.8, 4) is 0 Å². The molecule has 1 aliphatic rings. The van der Waals surface area contributed by atoms with Gasteiger partial charge in [0, 0.05) is 25.8 Å². The summed E-state index contributed by atoms with van der Waals surface area (Å²) in [6, 6.07) is 6.80. The summed E-state index contributed by atoms with van der Waals surface area (Å²) in [4.78, 5) is 15.1. The van der Waals surface area contributed by atoms with E-state index in [1.165, 1.54) is 16.6 Å². The second kappa shape index (κ2) is 9.28. The number of nitrogens with zero attached hydrogens (tertiary/aromatic N) is 1. The number of aromatic nitrogens is 1. The minimum atomic E-state index is -3.62. The van der Waals surface area contributed by atoms with Gasteiger partial charge in [-0.15, -0.1) is 0 Å². The van der Waals surface area contributed by atoms with E-state index in [1.807, 2.05) is 6.07 Å². The first-order valence-corrected chi connectivity index (χ1v) is 11.1. The Hall–Kier alpha value is -1.58. The first kappa shape index (κ1) is 21.1. The Labute approximate surface area is 174 Å². The number of aromatic amines is 1. The molecular weight excluding hydrogens is 425 g/mol. The highest BCUT2D eigenvalue weighted by Crippen LogP contribution is 2.23. The van der Waals surface area contributed by atoms with Crippen molar-refractivity contribution in [2.45, 2.75) is 17.7 Å². The van der Waals surface area contributed by atoms with E-state index in [1.54, 1.807) is 12.1 Å². The van der Waals surface area contributed by atoms with Gasteiger partial charge in [0.25, 0.3) is 5.91 Å². The van der Waals surface area contributed by atoms with E-state index >= 15 is 0 Å². The fraction of sp³-hybridized carbons (Fsp3) is 0.389. The van der Waals surface area contributed by atoms with Crippen molar-refractivity contribution < 1.29 is 17.9 Å². The molecule has 0 bridgehead atoms. The van der Waals surface area contributed by atoms with Crippen LogP contribution in [0.25, 0.3) is 0 Å². The Kier molecular flexibility index (Phi) is 7.00. The van der Waals surface area contributed by atoms with Crippen molar-refractivity contribution >= 4 is 39.1 Å². The number of benzene rings is 1. The number of aryl methyl sites for hydroxylation is 1. The molecule has 2 aromatic rings. The van der Waals surface area contributed by atoms with Gasteiger partial charge in [0.2, 0.25) is 10.0 Å². The number of nitrogens with one attached hydrogen (secondary N) is 2. The lowest BCUT2D eigenvalue weighted by atomic mass is 10.1. The fourth-order valence-electron chi connectivity index (χ4n) is 2.88. The number of carbonyl (C=O) groups is 1. The summed E-state index contributed by atoms with van der Waals surface area (Å²) in [6.45, 7) is 1.81. The van der Waals surface area contributed by atoms with Gasteiger partial charge in [0.1, 0.15) is 10.6 Å². The van der Waals surface area contributed by atoms with Crippen molar-refractivity contribution in [3.05, 3.63) is 51.8 Å². The number of amides is 1. The molecular formula is C18H21Cl2N3O4S. The van der Waals surface area contributed by atoms with Gasteiger partial charge in [-0.05, 0) is 36.6 Å². The molecule has 1 aliphatic heterocycles. The molecule has 0 radical (unpaired) electrons. The van der Waals surface area contributed by atoms with E-state index < -0.39 is 10.0 Å². The van der Waals surface area contributed by atoms with Gasteiger partial charge < -0.3 is 15.0 Å². The third-order valence-corrected chi connectivity index (χ3v) is 7.04. The maximum Gasteiger partial charge on any atom is 0.267 e. The van der Waals surface area contributed by atoms with Gasteiger partial charge in [-0.1, -0.05) is 29.3 Å². The SMILES string of the molecule is O=C(NCCCc1ccc(Cl)c(Cl)c1)c1cc(S(=O)(=O)N2CCOCC2)c[nH]1. The highest BCUT2D eigenvalue weighted by molar-refractivity contribution is 7.89. The molecule has 1 saturated heterocycles. The van der Waals surface area contributed by atoms with E-state index in [0.29, 0.717) is 49.3 Å². The van der Waals surface area contributed by atoms with Crippen LogP contribution >= 0.6 is 23.2 Å². The lowest BCUT2D eigenvalue weighted by molar-refractivity contribution is 0.0730. The van der Waals surface area contributed by atoms with Crippen molar-refractivity contribution in [2.24, 2.45) is 0 Å². The average molecular weight is 446 g/mol. The highest BCUT2D eigenvalue weighted by atomic mass is 35.5. The van der Waals surface area contributed by atoms with Crippen LogP contribution in [0.2, 0.25) is 10.0 Å². The summed E-state index contributed by atoms with van der Waals surface area (Å²) in [5, 5.41) is 3.79. The zero-order chi connectivity index (χ0) is 20.1. The lowest BCUT2D eigenvalue weighted by Gasteiger charge is -2.25. The van der Waals surface area contributed by atoms with E-state index in [4.69, 9.17) is 27.9 Å². The van der Waals surface area contributed by atoms with E-state index in [0.717, 1.165) is 12.0 Å². The molecule has 7 nitrogen and oxygen atoms in total. The summed E-state index contributed by atoms with van der Waals surface area (Å²) in [6.07, 6.45) is 2.79. The Morgan fingerprint density at radius 1 is 1.18 bits per heavy atom. The second-order valence-electron chi connectivity index (χ2n) is 6.37. The van der Waals surface area contributed by atoms with Crippen LogP contribution in [0.15, 0.2) is 35.4 Å². The summed E-state index contributed by atoms with van der Waals surface area (Å²) in [5.74, 6) is -0.349. The number of hydrogen-bond acceptors (Lipinski definition) is 4. The Bertz CT molecular complexity index is 940. The first-order chi connectivity index (χ1) is 13.4. The zero-order valence-corrected chi connectivity index (χ0v) is 17.4. The predicted octanol–water partition coefficient (Wildman–Crippen LogP) is 2.71. The summed E-state index contributed by atoms with van der Waals surface area (Å²) >= 11 is 11.9. The van der Waals surface area contributed by atoms with Crippen LogP contribution in [0, 0.1) is 0 Å². The van der Waals surface area contributed by atoms with Gasteiger partial charge in [0.15, 0.2) is 0 Å². The number of morpholine rings is 1. The van der Waals surface area contributed by atoms with Crippen LogP contribution in [0.3, 0.4) is 0 Å². The average Bonchev–Trinajstić information content (AvgIpc) is 3.20. The van der Waals surface area contributed by atoms with Gasteiger partial charge in [0.05, 0.1) is 23.3 Å². The minimum absolute atomic E-state index is 0.0790. The topological polar surface area (TPSA) is 91.5 Å². The minimum Gasteiger partial charge on any atom is -0.379 e. The standard InChI is InChI=1S/C18H21Cl2N3O4S/c19-15-4-3-13(10-16(15)20)2-1-5-21-18(24)17-11-14(12-22-17)28(25,26)23-6-8-27-9-7-23/h3-4,10-12,22H,1-2,5-9H2,(H,21,24). The quantitative estimate of drug-likeness (QED) is 0.640. The van der Waals surface area contributed by atoms with Crippen molar-refractivity contribution in [3.63, 3.8) is 0 Å². The van der Waals surface area contributed by atoms with Crippen LogP contribution in [0.4, 0.5) is 0 Å². The van der Waals surface area contributed by atoms with Crippen LogP contribution < -0.4 is 5.32 Å². The van der Waals surface area contributed by atoms with Gasteiger partial charge in [-0.25, -0.2) is 8.42 Å². The van der Waals surface area contributed by atoms with Crippen LogP contribution in [-0.4, -0.2) is 56.5 Å². The molecule has 1 aromatic heterocycles. The maximum atomic E-state index is 12.6. The van der Waals surface area contributed by atoms with Gasteiger partial charge >= 0.3 is 0 Å². The van der Waals surface area contributed by atoms with Crippen LogP contribution in [-0.2, 0) is 21.2 Å². The molecule has 152 valence electrons. The Balaban J connectivity index is 1.51. The third kappa shape index (κ3) is 5.07. The van der Waals surface area contributed by atoms with Crippen LogP contribution in [0.1, 0.15) is 22.5 Å². The predicted molar refractivity (Wildman–Crippen MR) is 107 cm³/mol. The largest absolute Gasteiger partial charge is 0.379 e. The second-order valence-corrected chi connectivity index (χ2v) is 9.13. The molecule has 1 aromatic carbocycles. The van der Waals surface area contributed by atoms with Crippen molar-refractivity contribution in [1.82, 2.24) is 14.6 Å². The summed E-state index contributed by atoms with van der Waals surface area (Å²) < 4.78 is 31.7. The molecule has 3 rings (SSSR count). The van der Waals surface area contributed by atoms with Crippen molar-refractivity contribution in [1.29, 1.82) is 0 Å². The zero-order valence-electron chi connectivity index (χ0n) is 15.1. The number of hydrogen-bond donors (Lipinski definition) is 2. The number of carbonyl (C=O) groups excluding carboxylic acids is 1. The molecule has 0 atom stereocenters. The molecule has 2 heterocycles. The van der Waals surface area contributed by atoms with Crippen LogP contribution in [0.5, 0.6) is 0 Å². The highest BCUT2D eigenvalue weighted by Gasteiger charge is 2.27. The van der Waals surface area contributed by atoms with Gasteiger partial charge in [-0.3, -0.25) is 4.79 Å². The lowest BCUT2D eigenvalue weighted by Crippen LogP contribution is -2.40. The normalized spacial score (nSPS) is 15.5. The van der Waals surface area contributed by atoms with E-state index in [9.17, 15) is 13.2 Å². The monoisotopic (exact) mass is 445 g/mol. The first-order valence-electron chi connectivity index (χ1n) is 8.86. The molecule has 2 N–H and O–H groups in total. The molecule has 0 unspecified atom stereocenters. The molecule has 10 heteroatoms. The maximum absolute atomic E-state index is 12.6. The molecule has 28 heavy (non-hydrogen) atoms. The number of halogens is 2. The number of rotatable bonds is 7. The van der Waals surface area contributed by atoms with E-state index in [2.05, 4.69) is 10.3 Å². The molecule has 1 fully saturated rings. The Morgan fingerprint density at radius 3 is 2.64 bits per heavy atom. The summed E-state index contributed by atoms with van der Waals surface area (Å²) in [7, 11) is -3.62. The van der Waals surface area contributed by atoms with Gasteiger partial charge in [-0.2, -0.15) is 4.31 Å². The third-order valence-electron chi connectivity index (χ3n) is 4.42. The molecule has 0 saturated carbocycles. The number of ether oxygens (including phenoxy) is 1. The molecule has 1 amide bonds.